The minimum Gasteiger partial charge on any atom is -0.352 e. The Labute approximate surface area is 113 Å². The lowest BCUT2D eigenvalue weighted by atomic mass is 10.0. The molecule has 7 heteroatoms. The number of primary amides is 1. The number of amides is 4. The summed E-state index contributed by atoms with van der Waals surface area (Å²) >= 11 is 0. The van der Waals surface area contributed by atoms with Crippen LogP contribution in [-0.4, -0.2) is 37.0 Å². The van der Waals surface area contributed by atoms with Gasteiger partial charge < -0.3 is 21.7 Å². The van der Waals surface area contributed by atoms with E-state index in [9.17, 15) is 14.4 Å². The second-order valence-corrected chi connectivity index (χ2v) is 4.85. The molecule has 0 aromatic rings. The zero-order valence-electron chi connectivity index (χ0n) is 11.7. The van der Waals surface area contributed by atoms with E-state index in [1.165, 1.54) is 0 Å². The molecule has 19 heavy (non-hydrogen) atoms. The van der Waals surface area contributed by atoms with Gasteiger partial charge in [0, 0.05) is 12.6 Å². The predicted molar refractivity (Wildman–Crippen MR) is 72.3 cm³/mol. The lowest BCUT2D eigenvalue weighted by Gasteiger charge is -2.22. The summed E-state index contributed by atoms with van der Waals surface area (Å²) in [6.45, 7) is 6.08. The number of hydrogen-bond acceptors (Lipinski definition) is 3. The van der Waals surface area contributed by atoms with E-state index in [1.54, 1.807) is 0 Å². The van der Waals surface area contributed by atoms with Crippen molar-refractivity contribution >= 4 is 18.3 Å². The highest BCUT2D eigenvalue weighted by atomic mass is 16.2. The Morgan fingerprint density at radius 1 is 1.26 bits per heavy atom. The fraction of sp³-hybridized carbons (Fsp3) is 0.750. The van der Waals surface area contributed by atoms with Crippen molar-refractivity contribution in [1.82, 2.24) is 16.0 Å². The number of carbonyl (C=O) groups is 3. The van der Waals surface area contributed by atoms with Gasteiger partial charge in [0.25, 0.3) is 0 Å². The molecule has 110 valence electrons. The average molecular weight is 272 g/mol. The molecule has 0 aromatic carbocycles. The van der Waals surface area contributed by atoms with Crippen molar-refractivity contribution in [3.63, 3.8) is 0 Å². The first-order valence-electron chi connectivity index (χ1n) is 6.41. The van der Waals surface area contributed by atoms with Gasteiger partial charge in [0.15, 0.2) is 0 Å². The van der Waals surface area contributed by atoms with E-state index in [0.717, 1.165) is 12.8 Å². The molecule has 0 spiro atoms. The van der Waals surface area contributed by atoms with Crippen molar-refractivity contribution in [3.8, 4) is 0 Å². The van der Waals surface area contributed by atoms with Crippen LogP contribution in [-0.2, 0) is 9.59 Å². The molecule has 7 nitrogen and oxygen atoms in total. The van der Waals surface area contributed by atoms with E-state index >= 15 is 0 Å². The van der Waals surface area contributed by atoms with Crippen LogP contribution in [0.4, 0.5) is 4.79 Å². The molecule has 0 aliphatic rings. The van der Waals surface area contributed by atoms with Crippen LogP contribution >= 0.6 is 0 Å². The van der Waals surface area contributed by atoms with Crippen LogP contribution in [0.2, 0.25) is 0 Å². The molecule has 0 saturated heterocycles. The first-order valence-corrected chi connectivity index (χ1v) is 6.41. The Hall–Kier alpha value is -1.79. The van der Waals surface area contributed by atoms with Crippen molar-refractivity contribution in [2.75, 3.05) is 6.54 Å². The zero-order chi connectivity index (χ0) is 14.8. The van der Waals surface area contributed by atoms with Crippen LogP contribution in [0, 0.1) is 5.92 Å². The Bertz CT molecular complexity index is 307. The van der Waals surface area contributed by atoms with Crippen molar-refractivity contribution in [1.29, 1.82) is 0 Å². The molecule has 0 aromatic heterocycles. The van der Waals surface area contributed by atoms with Crippen LogP contribution in [0.25, 0.3) is 0 Å². The van der Waals surface area contributed by atoms with Gasteiger partial charge in [-0.05, 0) is 25.7 Å². The fourth-order valence-corrected chi connectivity index (χ4v) is 1.67. The first-order chi connectivity index (χ1) is 8.88. The SMILES string of the molecule is CC(CCCNC(N)=O)NC(=O)C(NC=O)C(C)C. The maximum Gasteiger partial charge on any atom is 0.312 e. The maximum atomic E-state index is 11.9. The van der Waals surface area contributed by atoms with Crippen LogP contribution < -0.4 is 21.7 Å². The second kappa shape index (κ2) is 9.18. The summed E-state index contributed by atoms with van der Waals surface area (Å²) in [5, 5.41) is 7.82. The van der Waals surface area contributed by atoms with Gasteiger partial charge >= 0.3 is 6.03 Å². The van der Waals surface area contributed by atoms with Crippen molar-refractivity contribution in [2.24, 2.45) is 11.7 Å². The summed E-state index contributed by atoms with van der Waals surface area (Å²) in [5.74, 6) is -0.175. The maximum absolute atomic E-state index is 11.9. The van der Waals surface area contributed by atoms with E-state index in [0.29, 0.717) is 13.0 Å². The van der Waals surface area contributed by atoms with Crippen molar-refractivity contribution in [3.05, 3.63) is 0 Å². The lowest BCUT2D eigenvalue weighted by Crippen LogP contribution is -2.49. The Morgan fingerprint density at radius 2 is 1.89 bits per heavy atom. The highest BCUT2D eigenvalue weighted by molar-refractivity contribution is 5.84. The standard InChI is InChI=1S/C12H24N4O3/c1-8(2)10(15-7-17)11(18)16-9(3)5-4-6-14-12(13)19/h7-10H,4-6H2,1-3H3,(H,15,17)(H,16,18)(H3,13,14,19). The van der Waals surface area contributed by atoms with Gasteiger partial charge in [0.05, 0.1) is 0 Å². The smallest absolute Gasteiger partial charge is 0.312 e. The quantitative estimate of drug-likeness (QED) is 0.341. The Kier molecular flexibility index (Phi) is 8.32. The summed E-state index contributed by atoms with van der Waals surface area (Å²) < 4.78 is 0. The molecule has 0 bridgehead atoms. The summed E-state index contributed by atoms with van der Waals surface area (Å²) in [4.78, 5) is 32.8. The summed E-state index contributed by atoms with van der Waals surface area (Å²) in [6.07, 6.45) is 1.97. The average Bonchev–Trinajstić information content (AvgIpc) is 2.30. The van der Waals surface area contributed by atoms with Crippen molar-refractivity contribution < 1.29 is 14.4 Å². The minimum atomic E-state index is -0.549. The molecule has 0 rings (SSSR count). The number of nitrogens with one attached hydrogen (secondary N) is 3. The van der Waals surface area contributed by atoms with E-state index in [-0.39, 0.29) is 17.9 Å². The highest BCUT2D eigenvalue weighted by Gasteiger charge is 2.22. The van der Waals surface area contributed by atoms with Gasteiger partial charge in [-0.3, -0.25) is 9.59 Å². The predicted octanol–water partition coefficient (Wildman–Crippen LogP) is -0.290. The number of rotatable bonds is 9. The molecule has 5 N–H and O–H groups in total. The van der Waals surface area contributed by atoms with Gasteiger partial charge in [-0.2, -0.15) is 0 Å². The lowest BCUT2D eigenvalue weighted by molar-refractivity contribution is -0.127. The molecule has 2 atom stereocenters. The monoisotopic (exact) mass is 272 g/mol. The zero-order valence-corrected chi connectivity index (χ0v) is 11.7. The molecular formula is C12H24N4O3. The van der Waals surface area contributed by atoms with Gasteiger partial charge in [-0.25, -0.2) is 4.79 Å². The van der Waals surface area contributed by atoms with Gasteiger partial charge in [0.2, 0.25) is 12.3 Å². The van der Waals surface area contributed by atoms with Crippen LogP contribution in [0.1, 0.15) is 33.6 Å². The van der Waals surface area contributed by atoms with Crippen molar-refractivity contribution in [2.45, 2.75) is 45.7 Å². The fourth-order valence-electron chi connectivity index (χ4n) is 1.67. The van der Waals surface area contributed by atoms with Crippen LogP contribution in [0.5, 0.6) is 0 Å². The largest absolute Gasteiger partial charge is 0.352 e. The topological polar surface area (TPSA) is 113 Å². The number of nitrogens with two attached hydrogens (primary N) is 1. The third kappa shape index (κ3) is 8.01. The summed E-state index contributed by atoms with van der Waals surface area (Å²) in [7, 11) is 0. The highest BCUT2D eigenvalue weighted by Crippen LogP contribution is 2.03. The summed E-state index contributed by atoms with van der Waals surface area (Å²) in [5.41, 5.74) is 4.94. The number of urea groups is 1. The second-order valence-electron chi connectivity index (χ2n) is 4.85. The Morgan fingerprint density at radius 3 is 2.37 bits per heavy atom. The van der Waals surface area contributed by atoms with E-state index in [1.807, 2.05) is 20.8 Å². The third-order valence-corrected chi connectivity index (χ3v) is 2.70. The first kappa shape index (κ1) is 17.2. The molecule has 0 heterocycles. The van der Waals surface area contributed by atoms with Gasteiger partial charge in [-0.1, -0.05) is 13.8 Å². The minimum absolute atomic E-state index is 0.0222. The number of carbonyl (C=O) groups excluding carboxylic acids is 3. The molecular weight excluding hydrogens is 248 g/mol. The number of hydrogen-bond donors (Lipinski definition) is 4. The third-order valence-electron chi connectivity index (χ3n) is 2.70. The Balaban J connectivity index is 4.02. The molecule has 0 saturated carbocycles. The normalized spacial score (nSPS) is 13.5. The molecule has 4 amide bonds. The molecule has 2 unspecified atom stereocenters. The van der Waals surface area contributed by atoms with E-state index in [4.69, 9.17) is 5.73 Å². The van der Waals surface area contributed by atoms with Gasteiger partial charge in [0.1, 0.15) is 6.04 Å². The van der Waals surface area contributed by atoms with Crippen LogP contribution in [0.15, 0.2) is 0 Å². The van der Waals surface area contributed by atoms with Crippen LogP contribution in [0.3, 0.4) is 0 Å². The molecule has 0 aliphatic heterocycles. The molecule has 0 fully saturated rings. The van der Waals surface area contributed by atoms with E-state index in [2.05, 4.69) is 16.0 Å². The van der Waals surface area contributed by atoms with E-state index < -0.39 is 12.1 Å². The summed E-state index contributed by atoms with van der Waals surface area (Å²) in [6, 6.07) is -1.10. The molecule has 0 aliphatic carbocycles. The molecule has 0 radical (unpaired) electrons. The van der Waals surface area contributed by atoms with Gasteiger partial charge in [-0.15, -0.1) is 0 Å².